The van der Waals surface area contributed by atoms with Crippen molar-refractivity contribution in [3.05, 3.63) is 35.7 Å². The van der Waals surface area contributed by atoms with Crippen LogP contribution in [0.1, 0.15) is 40.5 Å². The zero-order valence-corrected chi connectivity index (χ0v) is 12.3. The third-order valence-electron chi connectivity index (χ3n) is 3.14. The highest BCUT2D eigenvalue weighted by Gasteiger charge is 2.11. The van der Waals surface area contributed by atoms with Crippen LogP contribution < -0.4 is 10.5 Å². The van der Waals surface area contributed by atoms with Gasteiger partial charge in [0.25, 0.3) is 0 Å². The Morgan fingerprint density at radius 3 is 2.53 bits per heavy atom. The van der Waals surface area contributed by atoms with Gasteiger partial charge < -0.3 is 10.5 Å². The van der Waals surface area contributed by atoms with Gasteiger partial charge in [0.15, 0.2) is 0 Å². The first-order valence-corrected chi connectivity index (χ1v) is 6.81. The molecule has 104 valence electrons. The Balaban J connectivity index is 2.94. The molecule has 0 saturated heterocycles. The smallest absolute Gasteiger partial charge is 0.218 e. The fraction of sp³-hybridized carbons (Fsp3) is 0.438. The molecule has 0 spiro atoms. The van der Waals surface area contributed by atoms with E-state index in [2.05, 4.69) is 25.8 Å². The molecule has 1 atom stereocenters. The van der Waals surface area contributed by atoms with Crippen molar-refractivity contribution in [2.75, 3.05) is 5.73 Å². The van der Waals surface area contributed by atoms with Gasteiger partial charge in [-0.3, -0.25) is 0 Å². The van der Waals surface area contributed by atoms with Crippen LogP contribution in [0.15, 0.2) is 40.7 Å². The molecule has 0 saturated carbocycles. The van der Waals surface area contributed by atoms with Crippen LogP contribution in [-0.2, 0) is 0 Å². The van der Waals surface area contributed by atoms with Gasteiger partial charge in [-0.1, -0.05) is 20.3 Å². The summed E-state index contributed by atoms with van der Waals surface area (Å²) >= 11 is 0. The van der Waals surface area contributed by atoms with E-state index in [-0.39, 0.29) is 0 Å². The highest BCUT2D eigenvalue weighted by atomic mass is 16.5. The molecule has 1 aromatic carbocycles. The van der Waals surface area contributed by atoms with E-state index in [1.165, 1.54) is 5.57 Å². The SMILES string of the molecule is C/C=N\C(Oc1ccc(N)cc1)=C(/C)C(C)CCC. The van der Waals surface area contributed by atoms with Crippen LogP contribution in [-0.4, -0.2) is 6.21 Å². The van der Waals surface area contributed by atoms with E-state index in [4.69, 9.17) is 10.5 Å². The van der Waals surface area contributed by atoms with Crippen LogP contribution >= 0.6 is 0 Å². The number of anilines is 1. The maximum atomic E-state index is 5.87. The number of nitrogens with two attached hydrogens (primary N) is 1. The first kappa shape index (κ1) is 15.3. The quantitative estimate of drug-likeness (QED) is 0.468. The summed E-state index contributed by atoms with van der Waals surface area (Å²) in [6.45, 7) is 8.37. The predicted molar refractivity (Wildman–Crippen MR) is 82.4 cm³/mol. The van der Waals surface area contributed by atoms with Crippen LogP contribution in [0, 0.1) is 5.92 Å². The average molecular weight is 260 g/mol. The summed E-state index contributed by atoms with van der Waals surface area (Å²) in [5.74, 6) is 1.92. The molecule has 3 nitrogen and oxygen atoms in total. The normalized spacial score (nSPS) is 14.3. The minimum absolute atomic E-state index is 0.470. The van der Waals surface area contributed by atoms with Crippen molar-refractivity contribution in [1.29, 1.82) is 0 Å². The van der Waals surface area contributed by atoms with Crippen molar-refractivity contribution >= 4 is 11.9 Å². The first-order chi connectivity index (χ1) is 9.08. The molecule has 0 aromatic heterocycles. The van der Waals surface area contributed by atoms with Crippen molar-refractivity contribution in [1.82, 2.24) is 0 Å². The molecule has 0 heterocycles. The summed E-state index contributed by atoms with van der Waals surface area (Å²) in [5.41, 5.74) is 7.57. The van der Waals surface area contributed by atoms with E-state index >= 15 is 0 Å². The molecule has 1 aromatic rings. The Bertz CT molecular complexity index is 446. The van der Waals surface area contributed by atoms with E-state index < -0.39 is 0 Å². The summed E-state index contributed by atoms with van der Waals surface area (Å²) in [6, 6.07) is 7.37. The maximum absolute atomic E-state index is 5.87. The molecule has 3 heteroatoms. The third-order valence-corrected chi connectivity index (χ3v) is 3.14. The van der Waals surface area contributed by atoms with Crippen LogP contribution in [0.4, 0.5) is 5.69 Å². The van der Waals surface area contributed by atoms with Crippen molar-refractivity contribution in [2.45, 2.75) is 40.5 Å². The standard InChI is InChI=1S/C16H24N2O/c1-5-7-12(3)13(4)16(18-6-2)19-15-10-8-14(17)9-11-15/h6,8-12H,5,7,17H2,1-4H3/b16-13-,18-6-. The molecule has 0 aliphatic rings. The lowest BCUT2D eigenvalue weighted by atomic mass is 9.98. The molecule has 19 heavy (non-hydrogen) atoms. The van der Waals surface area contributed by atoms with Crippen molar-refractivity contribution in [3.63, 3.8) is 0 Å². The molecular weight excluding hydrogens is 236 g/mol. The zero-order valence-electron chi connectivity index (χ0n) is 12.3. The van der Waals surface area contributed by atoms with Gasteiger partial charge >= 0.3 is 0 Å². The van der Waals surface area contributed by atoms with Gasteiger partial charge in [-0.15, -0.1) is 0 Å². The molecule has 1 rings (SSSR count). The minimum Gasteiger partial charge on any atom is -0.439 e. The number of benzene rings is 1. The number of nitrogens with zero attached hydrogens (tertiary/aromatic N) is 1. The molecule has 0 fully saturated rings. The summed E-state index contributed by atoms with van der Waals surface area (Å²) in [6.07, 6.45) is 4.05. The Morgan fingerprint density at radius 2 is 2.00 bits per heavy atom. The highest BCUT2D eigenvalue weighted by molar-refractivity contribution is 5.55. The van der Waals surface area contributed by atoms with Crippen LogP contribution in [0.25, 0.3) is 0 Å². The Kier molecular flexibility index (Phi) is 6.13. The van der Waals surface area contributed by atoms with Crippen LogP contribution in [0.5, 0.6) is 5.75 Å². The molecule has 0 amide bonds. The van der Waals surface area contributed by atoms with E-state index in [0.717, 1.165) is 24.3 Å². The fourth-order valence-electron chi connectivity index (χ4n) is 1.83. The Morgan fingerprint density at radius 1 is 1.37 bits per heavy atom. The van der Waals surface area contributed by atoms with Gasteiger partial charge in [-0.25, -0.2) is 4.99 Å². The molecular formula is C16H24N2O. The van der Waals surface area contributed by atoms with E-state index in [9.17, 15) is 0 Å². The number of hydrogen-bond donors (Lipinski definition) is 1. The monoisotopic (exact) mass is 260 g/mol. The maximum Gasteiger partial charge on any atom is 0.218 e. The second-order valence-corrected chi connectivity index (χ2v) is 4.74. The zero-order chi connectivity index (χ0) is 14.3. The molecule has 0 radical (unpaired) electrons. The van der Waals surface area contributed by atoms with Gasteiger partial charge in [-0.2, -0.15) is 0 Å². The molecule has 0 aliphatic carbocycles. The fourth-order valence-corrected chi connectivity index (χ4v) is 1.83. The average Bonchev–Trinajstić information content (AvgIpc) is 2.40. The molecule has 0 aliphatic heterocycles. The lowest BCUT2D eigenvalue weighted by molar-refractivity contribution is 0.401. The lowest BCUT2D eigenvalue weighted by Gasteiger charge is -2.15. The van der Waals surface area contributed by atoms with Gasteiger partial charge in [0.05, 0.1) is 0 Å². The van der Waals surface area contributed by atoms with Crippen molar-refractivity contribution < 1.29 is 4.74 Å². The van der Waals surface area contributed by atoms with Crippen LogP contribution in [0.3, 0.4) is 0 Å². The number of rotatable bonds is 6. The Labute approximate surface area is 116 Å². The second-order valence-electron chi connectivity index (χ2n) is 4.74. The highest BCUT2D eigenvalue weighted by Crippen LogP contribution is 2.24. The first-order valence-electron chi connectivity index (χ1n) is 6.81. The Hall–Kier alpha value is -1.77. The topological polar surface area (TPSA) is 47.6 Å². The summed E-state index contributed by atoms with van der Waals surface area (Å²) in [4.78, 5) is 4.35. The van der Waals surface area contributed by atoms with E-state index in [0.29, 0.717) is 11.8 Å². The van der Waals surface area contributed by atoms with Crippen molar-refractivity contribution in [3.8, 4) is 5.75 Å². The number of nitrogen functional groups attached to an aromatic ring is 1. The summed E-state index contributed by atoms with van der Waals surface area (Å²) < 4.78 is 5.87. The number of hydrogen-bond acceptors (Lipinski definition) is 3. The summed E-state index contributed by atoms with van der Waals surface area (Å²) in [5, 5.41) is 0. The van der Waals surface area contributed by atoms with Gasteiger partial charge in [0, 0.05) is 11.9 Å². The number of aliphatic imine (C=N–C) groups is 1. The van der Waals surface area contributed by atoms with Crippen LogP contribution in [0.2, 0.25) is 0 Å². The molecule has 1 unspecified atom stereocenters. The largest absolute Gasteiger partial charge is 0.439 e. The third kappa shape index (κ3) is 4.78. The molecule has 0 bridgehead atoms. The molecule has 2 N–H and O–H groups in total. The van der Waals surface area contributed by atoms with Crippen molar-refractivity contribution in [2.24, 2.45) is 10.9 Å². The summed E-state index contributed by atoms with van der Waals surface area (Å²) in [7, 11) is 0. The van der Waals surface area contributed by atoms with Gasteiger partial charge in [0.1, 0.15) is 5.75 Å². The van der Waals surface area contributed by atoms with Gasteiger partial charge in [-0.05, 0) is 56.0 Å². The van der Waals surface area contributed by atoms with E-state index in [1.807, 2.05) is 31.2 Å². The van der Waals surface area contributed by atoms with Gasteiger partial charge in [0.2, 0.25) is 5.88 Å². The minimum atomic E-state index is 0.470. The number of allylic oxidation sites excluding steroid dienone is 1. The lowest BCUT2D eigenvalue weighted by Crippen LogP contribution is -2.04. The second kappa shape index (κ2) is 7.62. The van der Waals surface area contributed by atoms with E-state index in [1.54, 1.807) is 6.21 Å². The number of ether oxygens (including phenoxy) is 1. The predicted octanol–water partition coefficient (Wildman–Crippen LogP) is 4.41.